The van der Waals surface area contributed by atoms with Crippen molar-refractivity contribution < 1.29 is 9.50 Å². The molecule has 1 N–H and O–H groups in total. The topological polar surface area (TPSA) is 20.2 Å². The molecule has 1 aliphatic carbocycles. The van der Waals surface area contributed by atoms with Gasteiger partial charge in [0, 0.05) is 0 Å². The second-order valence-electron chi connectivity index (χ2n) is 3.47. The highest BCUT2D eigenvalue weighted by molar-refractivity contribution is 9.10. The van der Waals surface area contributed by atoms with Crippen molar-refractivity contribution >= 4 is 15.9 Å². The van der Waals surface area contributed by atoms with Crippen LogP contribution in [-0.4, -0.2) is 11.2 Å². The van der Waals surface area contributed by atoms with Gasteiger partial charge in [-0.25, -0.2) is 4.39 Å². The summed E-state index contributed by atoms with van der Waals surface area (Å²) in [6.07, 6.45) is 1.14. The average Bonchev–Trinajstić information content (AvgIpc) is 2.05. The van der Waals surface area contributed by atoms with Crippen LogP contribution in [0.4, 0.5) is 4.39 Å². The first-order chi connectivity index (χ1) is 6.18. The maximum Gasteiger partial charge on any atom is 0.140 e. The number of aliphatic hydroxyl groups is 1. The summed E-state index contributed by atoms with van der Waals surface area (Å²) in [6.45, 7) is 0. The van der Waals surface area contributed by atoms with Gasteiger partial charge in [0.2, 0.25) is 0 Å². The Balaban J connectivity index is 2.26. The number of aliphatic hydroxyl groups excluding tert-OH is 1. The first-order valence-corrected chi connectivity index (χ1v) is 5.09. The van der Waals surface area contributed by atoms with E-state index in [9.17, 15) is 4.39 Å². The van der Waals surface area contributed by atoms with Crippen LogP contribution in [0.25, 0.3) is 0 Å². The Hall–Kier alpha value is -0.410. The van der Waals surface area contributed by atoms with Crippen molar-refractivity contribution in [2.75, 3.05) is 0 Å². The maximum atomic E-state index is 13.5. The second-order valence-corrected chi connectivity index (χ2v) is 4.32. The van der Waals surface area contributed by atoms with Gasteiger partial charge in [0.1, 0.15) is 5.82 Å². The van der Waals surface area contributed by atoms with Crippen molar-refractivity contribution in [3.8, 4) is 0 Å². The van der Waals surface area contributed by atoms with Crippen molar-refractivity contribution in [3.05, 3.63) is 34.1 Å². The first-order valence-electron chi connectivity index (χ1n) is 4.30. The molecule has 1 fully saturated rings. The van der Waals surface area contributed by atoms with E-state index in [4.69, 9.17) is 5.11 Å². The zero-order valence-corrected chi connectivity index (χ0v) is 8.59. The molecule has 13 heavy (non-hydrogen) atoms. The Bertz CT molecular complexity index is 321. The minimum absolute atomic E-state index is 0.181. The zero-order chi connectivity index (χ0) is 9.42. The lowest BCUT2D eigenvalue weighted by molar-refractivity contribution is 0.0734. The molecule has 1 aromatic carbocycles. The summed E-state index contributed by atoms with van der Waals surface area (Å²) in [6, 6.07) is 5.30. The van der Waals surface area contributed by atoms with Crippen molar-refractivity contribution in [2.45, 2.75) is 24.9 Å². The summed E-state index contributed by atoms with van der Waals surface area (Å²) >= 11 is 3.15. The lowest BCUT2D eigenvalue weighted by atomic mass is 9.77. The monoisotopic (exact) mass is 244 g/mol. The number of benzene rings is 1. The summed E-state index contributed by atoms with van der Waals surface area (Å²) in [4.78, 5) is 0. The van der Waals surface area contributed by atoms with Gasteiger partial charge >= 0.3 is 0 Å². The van der Waals surface area contributed by atoms with Crippen molar-refractivity contribution in [1.29, 1.82) is 0 Å². The predicted molar refractivity (Wildman–Crippen MR) is 52.1 cm³/mol. The molecule has 0 bridgehead atoms. The highest BCUT2D eigenvalue weighted by Crippen LogP contribution is 2.39. The molecule has 70 valence electrons. The van der Waals surface area contributed by atoms with E-state index >= 15 is 0 Å². The lowest BCUT2D eigenvalue weighted by Crippen LogP contribution is -2.27. The second kappa shape index (κ2) is 3.39. The Morgan fingerprint density at radius 2 is 2.08 bits per heavy atom. The van der Waals surface area contributed by atoms with E-state index < -0.39 is 0 Å². The number of hydrogen-bond acceptors (Lipinski definition) is 1. The molecular weight excluding hydrogens is 235 g/mol. The van der Waals surface area contributed by atoms with Crippen LogP contribution in [0.1, 0.15) is 24.3 Å². The van der Waals surface area contributed by atoms with Gasteiger partial charge in [-0.15, -0.1) is 0 Å². The van der Waals surface area contributed by atoms with Gasteiger partial charge in [0.05, 0.1) is 10.6 Å². The van der Waals surface area contributed by atoms with Crippen molar-refractivity contribution in [1.82, 2.24) is 0 Å². The van der Waals surface area contributed by atoms with E-state index in [1.54, 1.807) is 12.1 Å². The van der Waals surface area contributed by atoms with E-state index in [2.05, 4.69) is 15.9 Å². The maximum absolute atomic E-state index is 13.5. The normalized spacial score (nSPS) is 27.0. The SMILES string of the molecule is O[C@H]1C[C@H](c2cccc(Br)c2F)C1. The fraction of sp³-hybridized carbons (Fsp3) is 0.400. The molecule has 0 aromatic heterocycles. The molecule has 0 unspecified atom stereocenters. The third kappa shape index (κ3) is 1.63. The summed E-state index contributed by atoms with van der Waals surface area (Å²) in [5, 5.41) is 9.11. The number of rotatable bonds is 1. The van der Waals surface area contributed by atoms with Gasteiger partial charge in [-0.2, -0.15) is 0 Å². The standard InChI is InChI=1S/C10H10BrFO/c11-9-3-1-2-8(10(9)12)6-4-7(13)5-6/h1-3,6-7,13H,4-5H2/t6-,7-. The van der Waals surface area contributed by atoms with Gasteiger partial charge in [0.15, 0.2) is 0 Å². The van der Waals surface area contributed by atoms with E-state index in [0.717, 1.165) is 5.56 Å². The summed E-state index contributed by atoms with van der Waals surface area (Å²) in [5.41, 5.74) is 0.722. The van der Waals surface area contributed by atoms with Crippen LogP contribution in [0.3, 0.4) is 0 Å². The molecule has 1 nitrogen and oxygen atoms in total. The lowest BCUT2D eigenvalue weighted by Gasteiger charge is -2.32. The van der Waals surface area contributed by atoms with Gasteiger partial charge in [0.25, 0.3) is 0 Å². The Morgan fingerprint density at radius 3 is 2.69 bits per heavy atom. The van der Waals surface area contributed by atoms with Crippen LogP contribution in [-0.2, 0) is 0 Å². The fourth-order valence-corrected chi connectivity index (χ4v) is 2.06. The van der Waals surface area contributed by atoms with Gasteiger partial charge in [-0.1, -0.05) is 12.1 Å². The van der Waals surface area contributed by atoms with Crippen LogP contribution in [0.5, 0.6) is 0 Å². The van der Waals surface area contributed by atoms with Gasteiger partial charge in [-0.3, -0.25) is 0 Å². The molecule has 0 radical (unpaired) electrons. The minimum Gasteiger partial charge on any atom is -0.393 e. The molecular formula is C10H10BrFO. The van der Waals surface area contributed by atoms with Crippen LogP contribution >= 0.6 is 15.9 Å². The molecule has 0 aliphatic heterocycles. The van der Waals surface area contributed by atoms with Crippen LogP contribution in [0.2, 0.25) is 0 Å². The zero-order valence-electron chi connectivity index (χ0n) is 7.00. The molecule has 1 aliphatic rings. The molecule has 1 saturated carbocycles. The van der Waals surface area contributed by atoms with Crippen LogP contribution in [0.15, 0.2) is 22.7 Å². The van der Waals surface area contributed by atoms with E-state index in [1.807, 2.05) is 6.07 Å². The highest BCUT2D eigenvalue weighted by Gasteiger charge is 2.30. The summed E-state index contributed by atoms with van der Waals surface area (Å²) in [7, 11) is 0. The Labute approximate surface area is 84.7 Å². The smallest absolute Gasteiger partial charge is 0.140 e. The number of halogens is 2. The molecule has 3 heteroatoms. The van der Waals surface area contributed by atoms with Crippen molar-refractivity contribution in [3.63, 3.8) is 0 Å². The van der Waals surface area contributed by atoms with Gasteiger partial charge in [-0.05, 0) is 46.3 Å². The first kappa shape index (κ1) is 9.16. The fourth-order valence-electron chi connectivity index (χ4n) is 1.68. The third-order valence-electron chi connectivity index (χ3n) is 2.53. The minimum atomic E-state index is -0.233. The largest absolute Gasteiger partial charge is 0.393 e. The van der Waals surface area contributed by atoms with E-state index in [-0.39, 0.29) is 17.8 Å². The molecule has 2 rings (SSSR count). The van der Waals surface area contributed by atoms with E-state index in [1.165, 1.54) is 0 Å². The van der Waals surface area contributed by atoms with Crippen LogP contribution < -0.4 is 0 Å². The van der Waals surface area contributed by atoms with Gasteiger partial charge < -0.3 is 5.11 Å². The Kier molecular flexibility index (Phi) is 2.39. The molecule has 0 amide bonds. The predicted octanol–water partition coefficient (Wildman–Crippen LogP) is 2.83. The summed E-state index contributed by atoms with van der Waals surface area (Å²) in [5.74, 6) is 0.0203. The number of hydrogen-bond donors (Lipinski definition) is 1. The quantitative estimate of drug-likeness (QED) is 0.806. The molecule has 1 aromatic rings. The summed E-state index contributed by atoms with van der Waals surface area (Å²) < 4.78 is 14.0. The molecule has 0 spiro atoms. The average molecular weight is 245 g/mol. The van der Waals surface area contributed by atoms with E-state index in [0.29, 0.717) is 17.3 Å². The Morgan fingerprint density at radius 1 is 1.38 bits per heavy atom. The highest BCUT2D eigenvalue weighted by atomic mass is 79.9. The molecule has 0 heterocycles. The van der Waals surface area contributed by atoms with Crippen LogP contribution in [0, 0.1) is 5.82 Å². The third-order valence-corrected chi connectivity index (χ3v) is 3.15. The van der Waals surface area contributed by atoms with Crippen molar-refractivity contribution in [2.24, 2.45) is 0 Å². The molecule has 0 saturated heterocycles. The molecule has 0 atom stereocenters.